The molecular formula is C2H3Cl2KO2. The fourth-order valence-corrected chi connectivity index (χ4v) is 0. The van der Waals surface area contributed by atoms with E-state index in [0.717, 1.165) is 0 Å². The molecule has 0 rings (SSSR count). The van der Waals surface area contributed by atoms with Crippen LogP contribution >= 0.6 is 23.2 Å². The Morgan fingerprint density at radius 3 is 1.43 bits per heavy atom. The van der Waals surface area contributed by atoms with Gasteiger partial charge in [0.25, 0.3) is 0 Å². The Bertz CT molecular complexity index is 47.3. The van der Waals surface area contributed by atoms with Crippen molar-refractivity contribution in [3.63, 3.8) is 0 Å². The van der Waals surface area contributed by atoms with E-state index in [4.69, 9.17) is 32.8 Å². The average molecular weight is 169 g/mol. The Morgan fingerprint density at radius 2 is 1.43 bits per heavy atom. The molecule has 2 nitrogen and oxygen atoms in total. The molecule has 0 unspecified atom stereocenters. The summed E-state index contributed by atoms with van der Waals surface area (Å²) in [4.78, 5) is 16.2. The van der Waals surface area contributed by atoms with Crippen molar-refractivity contribution in [1.29, 1.82) is 0 Å². The zero-order chi connectivity index (χ0) is 5.41. The molecule has 0 heterocycles. The molecule has 0 saturated heterocycles. The van der Waals surface area contributed by atoms with Gasteiger partial charge in [0.05, 0.1) is 5.34 Å². The third kappa shape index (κ3) is 93.4. The van der Waals surface area contributed by atoms with Crippen LogP contribution in [0, 0.1) is 0 Å². The molecule has 0 radical (unpaired) electrons. The Balaban J connectivity index is -0.0000000160. The predicted octanol–water partition coefficient (Wildman–Crippen LogP) is -2.05. The normalized spacial score (nSPS) is 3.71. The molecule has 0 N–H and O–H groups in total. The van der Waals surface area contributed by atoms with Crippen molar-refractivity contribution in [1.82, 2.24) is 0 Å². The molecule has 0 aliphatic carbocycles. The maximum atomic E-state index is 8.12. The third-order valence-electron chi connectivity index (χ3n) is 0. The van der Waals surface area contributed by atoms with Crippen LogP contribution in [0.1, 0.15) is 1.43 Å². The molecule has 0 spiro atoms. The third-order valence-corrected chi connectivity index (χ3v) is 0. The topological polar surface area (TPSA) is 34.1 Å². The number of hydrogen-bond donors (Lipinski definition) is 0. The summed E-state index contributed by atoms with van der Waals surface area (Å²) >= 11 is 9.53. The van der Waals surface area contributed by atoms with Gasteiger partial charge in [-0.2, -0.15) is 9.59 Å². The molecule has 0 aliphatic heterocycles. The largest absolute Gasteiger partial charge is 1.00 e. The number of hydrogen-bond acceptors (Lipinski definition) is 2. The molecule has 0 amide bonds. The van der Waals surface area contributed by atoms with Crippen molar-refractivity contribution in [2.45, 2.75) is 0 Å². The van der Waals surface area contributed by atoms with E-state index in [0.29, 0.717) is 0 Å². The van der Waals surface area contributed by atoms with Crippen LogP contribution in [-0.4, -0.2) is 11.5 Å². The zero-order valence-corrected chi connectivity index (χ0v) is 8.41. The molecule has 0 aliphatic rings. The van der Waals surface area contributed by atoms with Gasteiger partial charge in [-0.3, -0.25) is 0 Å². The number of halogens is 2. The van der Waals surface area contributed by atoms with Gasteiger partial charge in [0.15, 0.2) is 0 Å². The molecular weight excluding hydrogens is 166 g/mol. The van der Waals surface area contributed by atoms with Gasteiger partial charge in [-0.1, -0.05) is 0 Å². The van der Waals surface area contributed by atoms with Crippen LogP contribution in [-0.2, 0) is 9.59 Å². The predicted molar refractivity (Wildman–Crippen MR) is 22.7 cm³/mol. The van der Waals surface area contributed by atoms with Gasteiger partial charge in [-0.25, -0.2) is 0 Å². The monoisotopic (exact) mass is 168 g/mol. The minimum absolute atomic E-state index is 0. The van der Waals surface area contributed by atoms with Crippen molar-refractivity contribution >= 4 is 29.4 Å². The van der Waals surface area contributed by atoms with Crippen LogP contribution in [0.3, 0.4) is 0 Å². The summed E-state index contributed by atoms with van der Waals surface area (Å²) in [6, 6.07) is 0. The summed E-state index contributed by atoms with van der Waals surface area (Å²) in [6.45, 7) is 0. The Morgan fingerprint density at radius 1 is 1.43 bits per heavy atom. The van der Waals surface area contributed by atoms with Crippen LogP contribution in [0.2, 0.25) is 0 Å². The van der Waals surface area contributed by atoms with Crippen LogP contribution in [0.15, 0.2) is 0 Å². The average Bonchev–Trinajstić information content (AvgIpc) is 1.39. The standard InChI is InChI=1S/CH2Cl2.CO2.K.H/c2*2-1-3;;/h1H2;;;/q;;+1;-1. The first-order chi connectivity index (χ1) is 2.83. The van der Waals surface area contributed by atoms with Gasteiger partial charge in [0, 0.05) is 0 Å². The van der Waals surface area contributed by atoms with Crippen LogP contribution < -0.4 is 51.4 Å². The van der Waals surface area contributed by atoms with E-state index in [1.165, 1.54) is 0 Å². The first kappa shape index (κ1) is 15.8. The summed E-state index contributed by atoms with van der Waals surface area (Å²) in [6.07, 6.45) is 0.250. The van der Waals surface area contributed by atoms with Gasteiger partial charge >= 0.3 is 57.5 Å². The molecule has 0 aromatic heterocycles. The second-order valence-electron chi connectivity index (χ2n) is 0.184. The van der Waals surface area contributed by atoms with E-state index in [9.17, 15) is 0 Å². The molecule has 0 saturated carbocycles. The van der Waals surface area contributed by atoms with E-state index < -0.39 is 0 Å². The van der Waals surface area contributed by atoms with E-state index in [-0.39, 0.29) is 64.3 Å². The maximum Gasteiger partial charge on any atom is 1.00 e. The Hall–Kier alpha value is 1.60. The molecule has 5 heteroatoms. The van der Waals surface area contributed by atoms with Crippen LogP contribution in [0.5, 0.6) is 0 Å². The van der Waals surface area contributed by atoms with Gasteiger partial charge in [0.1, 0.15) is 0 Å². The second-order valence-corrected chi connectivity index (χ2v) is 0.992. The summed E-state index contributed by atoms with van der Waals surface area (Å²) < 4.78 is 0. The van der Waals surface area contributed by atoms with Crippen molar-refractivity contribution < 1.29 is 62.4 Å². The molecule has 7 heavy (non-hydrogen) atoms. The summed E-state index contributed by atoms with van der Waals surface area (Å²) in [5.41, 5.74) is 0. The van der Waals surface area contributed by atoms with Crippen LogP contribution in [0.4, 0.5) is 0 Å². The second kappa shape index (κ2) is 25.6. The van der Waals surface area contributed by atoms with Gasteiger partial charge < -0.3 is 1.43 Å². The SMILES string of the molecule is ClCCl.O=C=O.[H-].[K+]. The summed E-state index contributed by atoms with van der Waals surface area (Å²) in [5.74, 6) is 0. The molecule has 0 aromatic carbocycles. The van der Waals surface area contributed by atoms with Crippen molar-refractivity contribution in [3.8, 4) is 0 Å². The molecule has 0 bridgehead atoms. The number of carbonyl (C=O) groups excluding carboxylic acids is 2. The first-order valence-corrected chi connectivity index (χ1v) is 2.01. The molecule has 0 aromatic rings. The zero-order valence-electron chi connectivity index (χ0n) is 4.78. The molecule has 38 valence electrons. The maximum absolute atomic E-state index is 8.12. The number of rotatable bonds is 0. The van der Waals surface area contributed by atoms with Crippen molar-refractivity contribution in [3.05, 3.63) is 0 Å². The Kier molecular flexibility index (Phi) is 57.8. The van der Waals surface area contributed by atoms with Crippen molar-refractivity contribution in [2.75, 3.05) is 5.34 Å². The molecule has 0 atom stereocenters. The fourth-order valence-electron chi connectivity index (χ4n) is 0. The fraction of sp³-hybridized carbons (Fsp3) is 0.500. The Labute approximate surface area is 95.4 Å². The van der Waals surface area contributed by atoms with E-state index >= 15 is 0 Å². The van der Waals surface area contributed by atoms with Gasteiger partial charge in [0.2, 0.25) is 0 Å². The summed E-state index contributed by atoms with van der Waals surface area (Å²) in [7, 11) is 0. The smallest absolute Gasteiger partial charge is 1.00 e. The van der Waals surface area contributed by atoms with E-state index in [1.807, 2.05) is 0 Å². The minimum atomic E-state index is 0. The van der Waals surface area contributed by atoms with Gasteiger partial charge in [-0.15, -0.1) is 23.2 Å². The van der Waals surface area contributed by atoms with Crippen LogP contribution in [0.25, 0.3) is 0 Å². The quantitative estimate of drug-likeness (QED) is 0.309. The van der Waals surface area contributed by atoms with Crippen molar-refractivity contribution in [2.24, 2.45) is 0 Å². The first-order valence-electron chi connectivity index (χ1n) is 0.943. The van der Waals surface area contributed by atoms with E-state index in [2.05, 4.69) is 0 Å². The van der Waals surface area contributed by atoms with E-state index in [1.54, 1.807) is 0 Å². The molecule has 0 fully saturated rings. The number of alkyl halides is 2. The summed E-state index contributed by atoms with van der Waals surface area (Å²) in [5, 5.41) is 0.194. The minimum Gasteiger partial charge on any atom is -1.00 e. The van der Waals surface area contributed by atoms with Gasteiger partial charge in [-0.05, 0) is 0 Å².